The summed E-state index contributed by atoms with van der Waals surface area (Å²) in [6.45, 7) is 3.96. The fourth-order valence-electron chi connectivity index (χ4n) is 5.28. The second-order valence-corrected chi connectivity index (χ2v) is 11.9. The number of carbonyl (C=O) groups is 5. The molecule has 0 bridgehead atoms. The van der Waals surface area contributed by atoms with Crippen LogP contribution in [0.25, 0.3) is 11.1 Å². The average molecular weight is 667 g/mol. The van der Waals surface area contributed by atoms with Crippen molar-refractivity contribution < 1.29 is 33.1 Å². The van der Waals surface area contributed by atoms with Crippen molar-refractivity contribution >= 4 is 58.0 Å². The Bertz CT molecular complexity index is 1690. The number of nitrogens with one attached hydrogen (secondary N) is 2. The van der Waals surface area contributed by atoms with E-state index in [0.717, 1.165) is 25.3 Å². The fourth-order valence-corrected chi connectivity index (χ4v) is 5.44. The zero-order valence-electron chi connectivity index (χ0n) is 26.5. The van der Waals surface area contributed by atoms with Gasteiger partial charge in [0.15, 0.2) is 17.7 Å². The highest BCUT2D eigenvalue weighted by molar-refractivity contribution is 6.34. The number of rotatable bonds is 17. The number of benzene rings is 1. The maximum Gasteiger partial charge on any atom is 0.418 e. The van der Waals surface area contributed by atoms with Crippen LogP contribution in [-0.2, 0) is 14.3 Å². The fraction of sp³-hybridized carbons (Fsp3) is 0.441. The molecule has 0 aliphatic carbocycles. The highest BCUT2D eigenvalue weighted by Crippen LogP contribution is 2.26. The van der Waals surface area contributed by atoms with Crippen LogP contribution < -0.4 is 16.3 Å². The molecule has 0 saturated carbocycles. The van der Waals surface area contributed by atoms with Crippen molar-refractivity contribution in [2.45, 2.75) is 90.2 Å². The number of aromatic nitrogens is 1. The second-order valence-electron chi connectivity index (χ2n) is 11.5. The van der Waals surface area contributed by atoms with E-state index >= 15 is 0 Å². The van der Waals surface area contributed by atoms with E-state index in [1.165, 1.54) is 88.4 Å². The monoisotopic (exact) mass is 666 g/mol. The molecular formula is C34H39ClN4O8. The molecule has 1 aromatic carbocycles. The van der Waals surface area contributed by atoms with E-state index in [1.54, 1.807) is 0 Å². The normalized spacial score (nSPS) is 15.0. The van der Waals surface area contributed by atoms with Gasteiger partial charge in [0.05, 0.1) is 10.7 Å². The topological polar surface area (TPSA) is 165 Å². The quantitative estimate of drug-likeness (QED) is 0.0991. The zero-order valence-corrected chi connectivity index (χ0v) is 27.3. The van der Waals surface area contributed by atoms with Gasteiger partial charge in [-0.15, -0.1) is 0 Å². The first-order valence-corrected chi connectivity index (χ1v) is 16.4. The average Bonchev–Trinajstić information content (AvgIpc) is 3.30. The Balaban J connectivity index is 1.44. The third kappa shape index (κ3) is 9.03. The summed E-state index contributed by atoms with van der Waals surface area (Å²) in [6, 6.07) is 6.14. The molecule has 12 nitrogen and oxygen atoms in total. The number of fused-ring (bicyclic) bond motifs is 1. The number of hydrogen-bond donors (Lipinski definition) is 2. The van der Waals surface area contributed by atoms with Crippen molar-refractivity contribution in [1.82, 2.24) is 15.2 Å². The molecule has 2 N–H and O–H groups in total. The first-order chi connectivity index (χ1) is 22.6. The van der Waals surface area contributed by atoms with Gasteiger partial charge in [-0.1, -0.05) is 76.3 Å². The van der Waals surface area contributed by atoms with Crippen LogP contribution in [0.1, 0.15) is 98.8 Å². The van der Waals surface area contributed by atoms with Crippen molar-refractivity contribution in [3.8, 4) is 0 Å². The highest BCUT2D eigenvalue weighted by Gasteiger charge is 2.49. The number of imide groups is 1. The molecule has 1 saturated heterocycles. The molecule has 0 spiro atoms. The molecule has 2 atom stereocenters. The molecule has 13 heteroatoms. The van der Waals surface area contributed by atoms with E-state index in [2.05, 4.69) is 22.5 Å². The second kappa shape index (κ2) is 16.8. The maximum absolute atomic E-state index is 13.7. The summed E-state index contributed by atoms with van der Waals surface area (Å²) in [5.74, 6) is -3.73. The number of carbonyl (C=O) groups excluding carboxylic acids is 5. The van der Waals surface area contributed by atoms with Gasteiger partial charge in [0.1, 0.15) is 11.1 Å². The molecule has 1 fully saturated rings. The van der Waals surface area contributed by atoms with Gasteiger partial charge in [-0.2, -0.15) is 0 Å². The van der Waals surface area contributed by atoms with E-state index in [9.17, 15) is 28.8 Å². The lowest BCUT2D eigenvalue weighted by Gasteiger charge is -2.22. The molecule has 47 heavy (non-hydrogen) atoms. The number of unbranched alkanes of at least 4 members (excludes halogenated alkanes) is 9. The van der Waals surface area contributed by atoms with Gasteiger partial charge in [0.2, 0.25) is 5.78 Å². The van der Waals surface area contributed by atoms with E-state index in [1.807, 2.05) is 0 Å². The summed E-state index contributed by atoms with van der Waals surface area (Å²) in [4.78, 5) is 82.9. The third-order valence-corrected chi connectivity index (χ3v) is 8.22. The Morgan fingerprint density at radius 3 is 2.30 bits per heavy atom. The smallest absolute Gasteiger partial charge is 0.418 e. The van der Waals surface area contributed by atoms with Crippen LogP contribution in [0.2, 0.25) is 5.02 Å². The molecule has 1 aliphatic heterocycles. The summed E-state index contributed by atoms with van der Waals surface area (Å²) < 4.78 is 10.1. The van der Waals surface area contributed by atoms with Gasteiger partial charge in [-0.05, 0) is 49.7 Å². The van der Waals surface area contributed by atoms with E-state index in [0.29, 0.717) is 11.4 Å². The van der Waals surface area contributed by atoms with Crippen LogP contribution in [0.4, 0.5) is 10.5 Å². The van der Waals surface area contributed by atoms with Crippen LogP contribution in [0.5, 0.6) is 0 Å². The van der Waals surface area contributed by atoms with Crippen molar-refractivity contribution in [2.24, 2.45) is 0 Å². The first-order valence-electron chi connectivity index (χ1n) is 16.0. The van der Waals surface area contributed by atoms with Crippen LogP contribution in [0.3, 0.4) is 0 Å². The number of hydrogen-bond acceptors (Lipinski definition) is 9. The Morgan fingerprint density at radius 2 is 1.64 bits per heavy atom. The lowest BCUT2D eigenvalue weighted by atomic mass is 10.0. The van der Waals surface area contributed by atoms with Gasteiger partial charge in [-0.25, -0.2) is 14.5 Å². The lowest BCUT2D eigenvalue weighted by molar-refractivity contribution is -0.133. The zero-order chi connectivity index (χ0) is 33.9. The summed E-state index contributed by atoms with van der Waals surface area (Å²) >= 11 is 6.32. The summed E-state index contributed by atoms with van der Waals surface area (Å²) in [7, 11) is 0. The number of cyclic esters (lactones) is 1. The Hall–Kier alpha value is -4.58. The van der Waals surface area contributed by atoms with Crippen LogP contribution >= 0.6 is 11.6 Å². The van der Waals surface area contributed by atoms with E-state index < -0.39 is 52.9 Å². The molecule has 4 rings (SSSR count). The maximum atomic E-state index is 13.7. The van der Waals surface area contributed by atoms with Crippen LogP contribution in [-0.4, -0.2) is 58.2 Å². The number of Topliss-reactive ketones (excluding diaryl/α,β-unsaturated/α-hetero) is 1. The summed E-state index contributed by atoms with van der Waals surface area (Å²) in [6.07, 6.45) is 10.6. The van der Waals surface area contributed by atoms with E-state index in [4.69, 9.17) is 20.8 Å². The van der Waals surface area contributed by atoms with Crippen LogP contribution in [0, 0.1) is 0 Å². The number of ketones is 1. The largest absolute Gasteiger partial charge is 0.436 e. The molecule has 1 aliphatic rings. The Morgan fingerprint density at radius 1 is 0.957 bits per heavy atom. The highest BCUT2D eigenvalue weighted by atomic mass is 35.5. The molecule has 4 amide bonds. The Labute approximate surface area is 277 Å². The minimum Gasteiger partial charge on any atom is -0.436 e. The number of halogens is 1. The van der Waals surface area contributed by atoms with Crippen LogP contribution in [0.15, 0.2) is 51.8 Å². The van der Waals surface area contributed by atoms with Crippen molar-refractivity contribution in [2.75, 3.05) is 11.9 Å². The van der Waals surface area contributed by atoms with Gasteiger partial charge < -0.3 is 19.8 Å². The summed E-state index contributed by atoms with van der Waals surface area (Å²) in [5, 5.41) is 5.31. The number of anilines is 1. The predicted molar refractivity (Wildman–Crippen MR) is 175 cm³/mol. The number of amides is 4. The molecule has 3 aromatic rings. The molecular weight excluding hydrogens is 628 g/mol. The number of nitrogens with zero attached hydrogens (tertiary/aromatic N) is 2. The molecule has 0 radical (unpaired) electrons. The molecule has 2 aromatic heterocycles. The van der Waals surface area contributed by atoms with Crippen molar-refractivity contribution in [3.05, 3.63) is 69.2 Å². The molecule has 2 unspecified atom stereocenters. The molecule has 250 valence electrons. The summed E-state index contributed by atoms with van der Waals surface area (Å²) in [5.41, 5.74) is -1.34. The van der Waals surface area contributed by atoms with Gasteiger partial charge in [0.25, 0.3) is 17.7 Å². The third-order valence-electron chi connectivity index (χ3n) is 7.89. The number of pyridine rings is 1. The number of ether oxygens (including phenoxy) is 1. The van der Waals surface area contributed by atoms with Crippen molar-refractivity contribution in [1.29, 1.82) is 0 Å². The lowest BCUT2D eigenvalue weighted by Crippen LogP contribution is -2.52. The van der Waals surface area contributed by atoms with Gasteiger partial charge >= 0.3 is 11.7 Å². The minimum atomic E-state index is -2.16. The van der Waals surface area contributed by atoms with Crippen molar-refractivity contribution in [3.63, 3.8) is 0 Å². The SMILES string of the molecule is CCCCCCCCCCCCNC(=O)c1ccc(Cl)c(NC(=O)C(C(=O)c2cc3ncccc3oc2=O)N2C(=O)OC(C)C2=O)c1. The Kier molecular flexibility index (Phi) is 12.6. The van der Waals surface area contributed by atoms with E-state index in [-0.39, 0.29) is 27.4 Å². The molecule has 3 heterocycles. The minimum absolute atomic E-state index is 0.0221. The predicted octanol–water partition coefficient (Wildman–Crippen LogP) is 6.05. The van der Waals surface area contributed by atoms with Gasteiger partial charge in [0, 0.05) is 18.3 Å². The standard InChI is InChI=1S/C34H39ClN4O8/c1-3-4-5-6-7-8-9-10-11-12-17-37-30(41)22-15-16-24(35)25(19-22)38-31(42)28(39-32(43)21(2)46-34(39)45)29(40)23-20-26-27(47-33(23)44)14-13-18-36-26/h13-16,18-21,28H,3-12,17H2,1-2H3,(H,37,41)(H,38,42). The van der Waals surface area contributed by atoms with Gasteiger partial charge in [-0.3, -0.25) is 24.2 Å². The first kappa shape index (κ1) is 35.3.